The van der Waals surface area contributed by atoms with E-state index in [-0.39, 0.29) is 20.1 Å². The summed E-state index contributed by atoms with van der Waals surface area (Å²) in [4.78, 5) is 0. The Morgan fingerprint density at radius 1 is 1.22 bits per heavy atom. The molecule has 0 aliphatic rings. The third-order valence-corrected chi connectivity index (χ3v) is 0.902. The van der Waals surface area contributed by atoms with Gasteiger partial charge in [0.25, 0.3) is 0 Å². The van der Waals surface area contributed by atoms with Gasteiger partial charge in [0.05, 0.1) is 0 Å². The van der Waals surface area contributed by atoms with Crippen LogP contribution in [0.2, 0.25) is 0 Å². The van der Waals surface area contributed by atoms with Gasteiger partial charge in [0, 0.05) is 20.1 Å². The molecule has 0 aliphatic carbocycles. The summed E-state index contributed by atoms with van der Waals surface area (Å²) < 4.78 is 0. The van der Waals surface area contributed by atoms with Gasteiger partial charge in [-0.2, -0.15) is 0 Å². The van der Waals surface area contributed by atoms with Crippen LogP contribution in [0.3, 0.4) is 0 Å². The van der Waals surface area contributed by atoms with Crippen LogP contribution in [-0.4, -0.2) is 0 Å². The summed E-state index contributed by atoms with van der Waals surface area (Å²) >= 11 is 0. The van der Waals surface area contributed by atoms with E-state index in [0.717, 1.165) is 19.3 Å². The average molecular weight is 301 g/mol. The van der Waals surface area contributed by atoms with Crippen molar-refractivity contribution in [3.63, 3.8) is 0 Å². The maximum Gasteiger partial charge on any atom is 0 e. The van der Waals surface area contributed by atoms with Gasteiger partial charge in [0.2, 0.25) is 0 Å². The molecule has 55 valence electrons. The topological polar surface area (TPSA) is 0 Å². The Morgan fingerprint density at radius 3 is 2.33 bits per heavy atom. The Labute approximate surface area is 71.4 Å². The summed E-state index contributed by atoms with van der Waals surface area (Å²) in [5.74, 6) is 0. The average Bonchev–Trinajstić information content (AvgIpc) is 1.81. The second-order valence-corrected chi connectivity index (χ2v) is 1.69. The molecular formula is C8H13Ir-. The van der Waals surface area contributed by atoms with E-state index < -0.39 is 0 Å². The third-order valence-electron chi connectivity index (χ3n) is 0.902. The van der Waals surface area contributed by atoms with Gasteiger partial charge < -0.3 is 6.58 Å². The molecule has 0 atom stereocenters. The van der Waals surface area contributed by atoms with Gasteiger partial charge in [-0.25, -0.2) is 0 Å². The van der Waals surface area contributed by atoms with Gasteiger partial charge in [-0.1, -0.05) is 25.5 Å². The van der Waals surface area contributed by atoms with Crippen molar-refractivity contribution in [1.82, 2.24) is 0 Å². The first-order chi connectivity index (χ1) is 3.91. The van der Waals surface area contributed by atoms with E-state index in [1.807, 2.05) is 0 Å². The second-order valence-electron chi connectivity index (χ2n) is 1.69. The molecule has 0 bridgehead atoms. The normalized spacial score (nSPS) is 9.00. The summed E-state index contributed by atoms with van der Waals surface area (Å²) in [6.07, 6.45) is 9.22. The van der Waals surface area contributed by atoms with E-state index in [1.54, 1.807) is 6.08 Å². The molecule has 0 spiro atoms. The molecule has 1 heteroatoms. The zero-order valence-electron chi connectivity index (χ0n) is 5.76. The SMILES string of the molecule is [CH-]=CCCC=CCC.[Ir]. The Morgan fingerprint density at radius 2 is 1.89 bits per heavy atom. The van der Waals surface area contributed by atoms with E-state index >= 15 is 0 Å². The summed E-state index contributed by atoms with van der Waals surface area (Å²) in [6, 6.07) is 0. The van der Waals surface area contributed by atoms with Gasteiger partial charge in [-0.3, -0.25) is 6.08 Å². The Balaban J connectivity index is 0. The van der Waals surface area contributed by atoms with Gasteiger partial charge >= 0.3 is 0 Å². The van der Waals surface area contributed by atoms with Gasteiger partial charge in [0.15, 0.2) is 0 Å². The predicted octanol–water partition coefficient (Wildman–Crippen LogP) is 2.72. The van der Waals surface area contributed by atoms with Crippen molar-refractivity contribution >= 4 is 0 Å². The van der Waals surface area contributed by atoms with Crippen LogP contribution in [-0.2, 0) is 20.1 Å². The standard InChI is InChI=1S/C8H13.Ir/c1-3-5-7-8-6-4-2;/h1,3,6,8H,4-5,7H2,2H3;/q-1;. The molecule has 0 fully saturated rings. The van der Waals surface area contributed by atoms with Crippen molar-refractivity contribution in [3.05, 3.63) is 24.8 Å². The van der Waals surface area contributed by atoms with Crippen LogP contribution in [0.4, 0.5) is 0 Å². The van der Waals surface area contributed by atoms with E-state index in [4.69, 9.17) is 6.58 Å². The number of unbranched alkanes of at least 4 members (excludes halogenated alkanes) is 1. The third kappa shape index (κ3) is 11.6. The molecule has 0 aliphatic heterocycles. The smallest absolute Gasteiger partial charge is 0 e. The minimum absolute atomic E-state index is 0. The Bertz CT molecular complexity index is 74.6. The molecule has 1 radical (unpaired) electrons. The second kappa shape index (κ2) is 11.0. The number of allylic oxidation sites excluding steroid dienone is 3. The number of hydrogen-bond acceptors (Lipinski definition) is 0. The zero-order chi connectivity index (χ0) is 6.24. The van der Waals surface area contributed by atoms with Crippen LogP contribution in [0.25, 0.3) is 0 Å². The van der Waals surface area contributed by atoms with Gasteiger partial charge in [-0.05, 0) is 12.8 Å². The van der Waals surface area contributed by atoms with Crippen LogP contribution < -0.4 is 0 Å². The maximum atomic E-state index is 5.15. The van der Waals surface area contributed by atoms with E-state index in [2.05, 4.69) is 19.1 Å². The molecule has 0 aromatic heterocycles. The molecule has 0 heterocycles. The van der Waals surface area contributed by atoms with Crippen LogP contribution in [0.1, 0.15) is 26.2 Å². The molecule has 9 heavy (non-hydrogen) atoms. The summed E-state index contributed by atoms with van der Waals surface area (Å²) in [5.41, 5.74) is 0. The van der Waals surface area contributed by atoms with Crippen LogP contribution in [0.15, 0.2) is 18.2 Å². The van der Waals surface area contributed by atoms with Crippen LogP contribution >= 0.6 is 0 Å². The molecule has 0 aromatic carbocycles. The van der Waals surface area contributed by atoms with Gasteiger partial charge in [0.1, 0.15) is 0 Å². The first-order valence-corrected chi connectivity index (χ1v) is 3.10. The summed E-state index contributed by atoms with van der Waals surface area (Å²) in [6.45, 7) is 7.28. The first kappa shape index (κ1) is 11.9. The molecule has 0 aromatic rings. The molecule has 0 N–H and O–H groups in total. The fraction of sp³-hybridized carbons (Fsp3) is 0.500. The number of hydrogen-bond donors (Lipinski definition) is 0. The zero-order valence-corrected chi connectivity index (χ0v) is 8.16. The Hall–Kier alpha value is 0.129. The van der Waals surface area contributed by atoms with Crippen molar-refractivity contribution in [2.75, 3.05) is 0 Å². The summed E-state index contributed by atoms with van der Waals surface area (Å²) in [5, 5.41) is 0. The van der Waals surface area contributed by atoms with Crippen molar-refractivity contribution < 1.29 is 20.1 Å². The quantitative estimate of drug-likeness (QED) is 0.425. The van der Waals surface area contributed by atoms with E-state index in [0.29, 0.717) is 0 Å². The molecule has 0 unspecified atom stereocenters. The molecule has 0 saturated heterocycles. The largest absolute Gasteiger partial charge is 0.518 e. The Kier molecular flexibility index (Phi) is 14.5. The first-order valence-electron chi connectivity index (χ1n) is 3.10. The van der Waals surface area contributed by atoms with Crippen LogP contribution in [0, 0.1) is 6.58 Å². The molecule has 0 rings (SSSR count). The molecule has 0 saturated carbocycles. The predicted molar refractivity (Wildman–Crippen MR) is 37.5 cm³/mol. The summed E-state index contributed by atoms with van der Waals surface area (Å²) in [7, 11) is 0. The van der Waals surface area contributed by atoms with Crippen molar-refractivity contribution in [2.24, 2.45) is 0 Å². The monoisotopic (exact) mass is 302 g/mol. The van der Waals surface area contributed by atoms with Crippen molar-refractivity contribution in [2.45, 2.75) is 26.2 Å². The van der Waals surface area contributed by atoms with E-state index in [9.17, 15) is 0 Å². The number of rotatable bonds is 4. The fourth-order valence-electron chi connectivity index (χ4n) is 0.477. The van der Waals surface area contributed by atoms with Crippen molar-refractivity contribution in [1.29, 1.82) is 0 Å². The minimum atomic E-state index is 0. The van der Waals surface area contributed by atoms with E-state index in [1.165, 1.54) is 0 Å². The van der Waals surface area contributed by atoms with Crippen molar-refractivity contribution in [3.8, 4) is 0 Å². The fourth-order valence-corrected chi connectivity index (χ4v) is 0.477. The molecular weight excluding hydrogens is 288 g/mol. The van der Waals surface area contributed by atoms with Crippen LogP contribution in [0.5, 0.6) is 0 Å². The van der Waals surface area contributed by atoms with Gasteiger partial charge in [-0.15, -0.1) is 0 Å². The minimum Gasteiger partial charge on any atom is -0.518 e. The molecule has 0 nitrogen and oxygen atoms in total. The maximum absolute atomic E-state index is 5.15. The molecule has 0 amide bonds.